The van der Waals surface area contributed by atoms with E-state index in [1.54, 1.807) is 36.4 Å². The van der Waals surface area contributed by atoms with Crippen molar-refractivity contribution >= 4 is 21.8 Å². The molecule has 1 saturated heterocycles. The van der Waals surface area contributed by atoms with Crippen LogP contribution in [-0.4, -0.2) is 57.0 Å². The van der Waals surface area contributed by atoms with Gasteiger partial charge in [0.2, 0.25) is 10.0 Å². The van der Waals surface area contributed by atoms with Gasteiger partial charge in [0.05, 0.1) is 10.5 Å². The number of hydrogen-bond donors (Lipinski definition) is 1. The molecule has 1 aliphatic rings. The number of hydrogen-bond acceptors (Lipinski definition) is 6. The Morgan fingerprint density at radius 3 is 2.56 bits per heavy atom. The summed E-state index contributed by atoms with van der Waals surface area (Å²) in [5.74, 6) is 1.13. The zero-order valence-electron chi connectivity index (χ0n) is 15.9. The first-order valence-electron chi connectivity index (χ1n) is 9.11. The predicted octanol–water partition coefficient (Wildman–Crippen LogP) is 2.61. The summed E-state index contributed by atoms with van der Waals surface area (Å²) < 4.78 is 29.2. The van der Waals surface area contributed by atoms with E-state index in [9.17, 15) is 13.5 Å². The van der Waals surface area contributed by atoms with E-state index < -0.39 is 15.6 Å². The Morgan fingerprint density at radius 1 is 1.22 bits per heavy atom. The van der Waals surface area contributed by atoms with E-state index in [2.05, 4.69) is 10.2 Å². The molecule has 1 aromatic heterocycles. The maximum atomic E-state index is 12.8. The molecular weight excluding hydrogens is 384 g/mol. The summed E-state index contributed by atoms with van der Waals surface area (Å²) in [5.41, 5.74) is -0.0845. The summed E-state index contributed by atoms with van der Waals surface area (Å²) in [6.45, 7) is 7.30. The van der Waals surface area contributed by atoms with E-state index in [-0.39, 0.29) is 0 Å². The third-order valence-electron chi connectivity index (χ3n) is 4.38. The first-order valence-corrected chi connectivity index (χ1v) is 11.5. The van der Waals surface area contributed by atoms with Gasteiger partial charge in [-0.2, -0.15) is 4.31 Å². The minimum absolute atomic E-state index is 0.290. The Balaban J connectivity index is 1.92. The van der Waals surface area contributed by atoms with Crippen LogP contribution in [0.2, 0.25) is 0 Å². The standard InChI is InChI=1S/C18H26N4O3S2/c1-4-22-16(19-20-17(22)26-13-18(2,3)23)14-8-7-9-15(12-14)27(24,25)21-10-5-6-11-21/h7-9,12,23H,4-6,10-11,13H2,1-3H3. The monoisotopic (exact) mass is 410 g/mol. The number of sulfonamides is 1. The van der Waals surface area contributed by atoms with Crippen LogP contribution in [0.1, 0.15) is 33.6 Å². The van der Waals surface area contributed by atoms with E-state index in [0.29, 0.717) is 41.3 Å². The Bertz CT molecular complexity index is 898. The summed E-state index contributed by atoms with van der Waals surface area (Å²) in [6.07, 6.45) is 1.82. The van der Waals surface area contributed by atoms with Crippen molar-refractivity contribution in [1.82, 2.24) is 19.1 Å². The largest absolute Gasteiger partial charge is 0.390 e. The number of rotatable bonds is 7. The van der Waals surface area contributed by atoms with Crippen LogP contribution in [0.25, 0.3) is 11.4 Å². The maximum Gasteiger partial charge on any atom is 0.243 e. The first-order chi connectivity index (χ1) is 12.7. The van der Waals surface area contributed by atoms with Crippen LogP contribution in [0.15, 0.2) is 34.3 Å². The molecule has 27 heavy (non-hydrogen) atoms. The van der Waals surface area contributed by atoms with E-state index in [1.807, 2.05) is 17.6 Å². The molecule has 0 radical (unpaired) electrons. The van der Waals surface area contributed by atoms with Crippen LogP contribution in [0.5, 0.6) is 0 Å². The summed E-state index contributed by atoms with van der Waals surface area (Å²) >= 11 is 1.44. The Hall–Kier alpha value is -1.42. The van der Waals surface area contributed by atoms with Gasteiger partial charge in [0.1, 0.15) is 0 Å². The molecule has 1 fully saturated rings. The molecule has 9 heteroatoms. The molecule has 3 rings (SSSR count). The van der Waals surface area contributed by atoms with E-state index in [4.69, 9.17) is 0 Å². The lowest BCUT2D eigenvalue weighted by molar-refractivity contribution is 0.107. The van der Waals surface area contributed by atoms with Gasteiger partial charge in [0.25, 0.3) is 0 Å². The average Bonchev–Trinajstić information content (AvgIpc) is 3.29. The molecule has 0 aliphatic carbocycles. The molecule has 1 aromatic carbocycles. The smallest absolute Gasteiger partial charge is 0.243 e. The van der Waals surface area contributed by atoms with Crippen molar-refractivity contribution in [2.75, 3.05) is 18.8 Å². The van der Waals surface area contributed by atoms with Crippen molar-refractivity contribution < 1.29 is 13.5 Å². The van der Waals surface area contributed by atoms with Crippen LogP contribution in [0.3, 0.4) is 0 Å². The number of aromatic nitrogens is 3. The third kappa shape index (κ3) is 4.53. The van der Waals surface area contributed by atoms with Crippen molar-refractivity contribution in [2.24, 2.45) is 0 Å². The highest BCUT2D eigenvalue weighted by molar-refractivity contribution is 7.99. The molecule has 0 amide bonds. The lowest BCUT2D eigenvalue weighted by Gasteiger charge is -2.17. The second-order valence-corrected chi connectivity index (χ2v) is 10.2. The zero-order valence-corrected chi connectivity index (χ0v) is 17.6. The summed E-state index contributed by atoms with van der Waals surface area (Å²) in [4.78, 5) is 0.290. The zero-order chi connectivity index (χ0) is 19.7. The Kier molecular flexibility index (Phi) is 5.95. The van der Waals surface area contributed by atoms with Crippen molar-refractivity contribution in [3.8, 4) is 11.4 Å². The first kappa shape index (κ1) is 20.3. The number of benzene rings is 1. The molecule has 2 aromatic rings. The molecule has 0 unspecified atom stereocenters. The van der Waals surface area contributed by atoms with E-state index in [1.165, 1.54) is 11.8 Å². The summed E-state index contributed by atoms with van der Waals surface area (Å²) in [6, 6.07) is 6.90. The average molecular weight is 411 g/mol. The minimum atomic E-state index is -3.47. The highest BCUT2D eigenvalue weighted by Gasteiger charge is 2.28. The fourth-order valence-electron chi connectivity index (χ4n) is 3.01. The Morgan fingerprint density at radius 2 is 1.93 bits per heavy atom. The van der Waals surface area contributed by atoms with Gasteiger partial charge in [-0.05, 0) is 45.7 Å². The summed E-state index contributed by atoms with van der Waals surface area (Å²) in [5, 5.41) is 19.2. The molecule has 0 saturated carbocycles. The maximum absolute atomic E-state index is 12.8. The normalized spacial score (nSPS) is 16.1. The van der Waals surface area contributed by atoms with Gasteiger partial charge in [-0.15, -0.1) is 10.2 Å². The molecule has 0 spiro atoms. The molecule has 0 bridgehead atoms. The van der Waals surface area contributed by atoms with Gasteiger partial charge >= 0.3 is 0 Å². The molecule has 2 heterocycles. The molecule has 1 aliphatic heterocycles. The topological polar surface area (TPSA) is 88.3 Å². The SMILES string of the molecule is CCn1c(SCC(C)(C)O)nnc1-c1cccc(S(=O)(=O)N2CCCC2)c1. The van der Waals surface area contributed by atoms with Crippen LogP contribution in [0, 0.1) is 0 Å². The van der Waals surface area contributed by atoms with Crippen molar-refractivity contribution in [3.63, 3.8) is 0 Å². The fourth-order valence-corrected chi connectivity index (χ4v) is 5.52. The highest BCUT2D eigenvalue weighted by atomic mass is 32.2. The highest BCUT2D eigenvalue weighted by Crippen LogP contribution is 2.28. The van der Waals surface area contributed by atoms with Crippen LogP contribution < -0.4 is 0 Å². The van der Waals surface area contributed by atoms with E-state index >= 15 is 0 Å². The number of thioether (sulfide) groups is 1. The number of aliphatic hydroxyl groups is 1. The molecule has 1 N–H and O–H groups in total. The van der Waals surface area contributed by atoms with Gasteiger partial charge in [-0.3, -0.25) is 0 Å². The minimum Gasteiger partial charge on any atom is -0.390 e. The van der Waals surface area contributed by atoms with Gasteiger partial charge in [-0.1, -0.05) is 23.9 Å². The third-order valence-corrected chi connectivity index (χ3v) is 7.69. The quantitative estimate of drug-likeness (QED) is 0.706. The second-order valence-electron chi connectivity index (χ2n) is 7.29. The molecule has 148 valence electrons. The fraction of sp³-hybridized carbons (Fsp3) is 0.556. The lowest BCUT2D eigenvalue weighted by atomic mass is 10.2. The van der Waals surface area contributed by atoms with E-state index in [0.717, 1.165) is 18.4 Å². The van der Waals surface area contributed by atoms with Crippen LogP contribution in [0.4, 0.5) is 0 Å². The number of nitrogens with zero attached hydrogens (tertiary/aromatic N) is 4. The van der Waals surface area contributed by atoms with Gasteiger partial charge in [-0.25, -0.2) is 8.42 Å². The van der Waals surface area contributed by atoms with Gasteiger partial charge < -0.3 is 9.67 Å². The van der Waals surface area contributed by atoms with Crippen molar-refractivity contribution in [2.45, 2.75) is 55.8 Å². The molecule has 7 nitrogen and oxygen atoms in total. The molecule has 0 atom stereocenters. The predicted molar refractivity (Wildman–Crippen MR) is 106 cm³/mol. The van der Waals surface area contributed by atoms with Gasteiger partial charge in [0.15, 0.2) is 11.0 Å². The molecular formula is C18H26N4O3S2. The lowest BCUT2D eigenvalue weighted by Crippen LogP contribution is -2.27. The summed E-state index contributed by atoms with van der Waals surface area (Å²) in [7, 11) is -3.47. The van der Waals surface area contributed by atoms with Crippen molar-refractivity contribution in [1.29, 1.82) is 0 Å². The van der Waals surface area contributed by atoms with Gasteiger partial charge in [0, 0.05) is 31.0 Å². The second kappa shape index (κ2) is 7.90. The Labute approximate surface area is 164 Å². The van der Waals surface area contributed by atoms with Crippen LogP contribution >= 0.6 is 11.8 Å². The van der Waals surface area contributed by atoms with Crippen molar-refractivity contribution in [3.05, 3.63) is 24.3 Å². The van der Waals surface area contributed by atoms with Crippen LogP contribution in [-0.2, 0) is 16.6 Å².